The Kier molecular flexibility index (Phi) is 19.8. The number of likely N-dealkylation sites (N-methyl/N-ethyl adjacent to an activating group) is 1. The summed E-state index contributed by atoms with van der Waals surface area (Å²) in [6, 6.07) is 0. The molecule has 0 unspecified atom stereocenters. The number of nitrogens with one attached hydrogen (secondary N) is 1. The van der Waals surface area contributed by atoms with Crippen molar-refractivity contribution in [3.8, 4) is 0 Å². The zero-order valence-electron chi connectivity index (χ0n) is 13.1. The molecule has 0 bridgehead atoms. The fraction of sp³-hybridized carbons (Fsp3) is 0.692. The van der Waals surface area contributed by atoms with Gasteiger partial charge in [0.1, 0.15) is 0 Å². The minimum atomic E-state index is -4.38. The van der Waals surface area contributed by atoms with Crippen LogP contribution >= 0.6 is 11.8 Å². The van der Waals surface area contributed by atoms with Gasteiger partial charge in [0, 0.05) is 38.9 Å². The molecule has 0 aliphatic heterocycles. The monoisotopic (exact) mass is 512 g/mol. The van der Waals surface area contributed by atoms with E-state index in [1.54, 1.807) is 13.3 Å². The van der Waals surface area contributed by atoms with E-state index in [9.17, 15) is 22.0 Å². The van der Waals surface area contributed by atoms with E-state index in [2.05, 4.69) is 16.5 Å². The van der Waals surface area contributed by atoms with Gasteiger partial charge in [-0.15, -0.1) is 13.1 Å². The van der Waals surface area contributed by atoms with Crippen molar-refractivity contribution in [2.45, 2.75) is 32.9 Å². The molecule has 9 heteroatoms. The van der Waals surface area contributed by atoms with Gasteiger partial charge < -0.3 is 19.1 Å². The Hall–Kier alpha value is 0.240. The third-order valence-electron chi connectivity index (χ3n) is 1.95. The van der Waals surface area contributed by atoms with Crippen LogP contribution in [0.5, 0.6) is 0 Å². The maximum absolute atomic E-state index is 12.8. The summed E-state index contributed by atoms with van der Waals surface area (Å²) < 4.78 is 58.8. The molecular formula is C13H21F5HfN2S-2. The van der Waals surface area contributed by atoms with Crippen LogP contribution in [0.2, 0.25) is 0 Å². The summed E-state index contributed by atoms with van der Waals surface area (Å²) in [5, 5.41) is 2.81. The van der Waals surface area contributed by atoms with Gasteiger partial charge in [0.15, 0.2) is 0 Å². The van der Waals surface area contributed by atoms with Gasteiger partial charge in [0.2, 0.25) is 0 Å². The van der Waals surface area contributed by atoms with Crippen LogP contribution in [0, 0.1) is 6.43 Å². The third-order valence-corrected chi connectivity index (χ3v) is 2.85. The largest absolute Gasteiger partial charge is 0.422 e. The van der Waals surface area contributed by atoms with E-state index < -0.39 is 18.2 Å². The summed E-state index contributed by atoms with van der Waals surface area (Å²) in [7, 11) is 1.72. The van der Waals surface area contributed by atoms with Crippen LogP contribution in [0.15, 0.2) is 15.5 Å². The van der Waals surface area contributed by atoms with Crippen LogP contribution < -0.4 is 5.32 Å². The third kappa shape index (κ3) is 16.6. The fourth-order valence-corrected chi connectivity index (χ4v) is 1.92. The average Bonchev–Trinajstić information content (AvgIpc) is 2.34. The van der Waals surface area contributed by atoms with Crippen LogP contribution in [0.3, 0.4) is 0 Å². The molecule has 0 spiro atoms. The van der Waals surface area contributed by atoms with Gasteiger partial charge in [-0.25, -0.2) is 11.8 Å². The van der Waals surface area contributed by atoms with Gasteiger partial charge in [-0.1, -0.05) is 25.3 Å². The Morgan fingerprint density at radius 3 is 2.14 bits per heavy atom. The summed E-state index contributed by atoms with van der Waals surface area (Å²) in [6.45, 7) is 3.44. The van der Waals surface area contributed by atoms with Crippen LogP contribution in [0.4, 0.5) is 22.0 Å². The van der Waals surface area contributed by atoms with Crippen molar-refractivity contribution < 1.29 is 47.8 Å². The second-order valence-corrected chi connectivity index (χ2v) is 4.70. The van der Waals surface area contributed by atoms with Crippen LogP contribution in [0.25, 0.3) is 0 Å². The van der Waals surface area contributed by atoms with Crippen LogP contribution in [-0.4, -0.2) is 38.8 Å². The number of hydrogen-bond acceptors (Lipinski definition) is 3. The number of thioether (sulfide) groups is 1. The Balaban J connectivity index is -0.000000640. The van der Waals surface area contributed by atoms with E-state index in [1.807, 2.05) is 6.92 Å². The van der Waals surface area contributed by atoms with Crippen molar-refractivity contribution in [3.63, 3.8) is 0 Å². The minimum absolute atomic E-state index is 0. The molecule has 0 aliphatic rings. The molecule has 2 nitrogen and oxygen atoms in total. The fourth-order valence-electron chi connectivity index (χ4n) is 1.14. The van der Waals surface area contributed by atoms with Crippen molar-refractivity contribution in [3.05, 3.63) is 16.9 Å². The number of aliphatic imine (C=N–C) groups is 1. The summed E-state index contributed by atoms with van der Waals surface area (Å²) in [4.78, 5) is 3.97. The van der Waals surface area contributed by atoms with Crippen molar-refractivity contribution in [1.29, 1.82) is 0 Å². The number of allylic oxidation sites excluding steroid dienone is 2. The first-order valence-electron chi connectivity index (χ1n) is 6.26. The van der Waals surface area contributed by atoms with Crippen molar-refractivity contribution in [1.82, 2.24) is 5.32 Å². The number of alkyl halides is 3. The van der Waals surface area contributed by atoms with Gasteiger partial charge in [-0.05, 0) is 19.7 Å². The first kappa shape index (κ1) is 27.1. The molecule has 22 heavy (non-hydrogen) atoms. The Morgan fingerprint density at radius 2 is 1.82 bits per heavy atom. The standard InChI is InChI=1S/C11H18F3N2S.C2H3F2.Hf/c1-4-5-10(17-3)9(11(12,13)14)8-16-7-6-15-2;1-2(3)4;/h15H,4-7H2,1-3H3;1H3;/q2*-1;/b10-9-;;. The summed E-state index contributed by atoms with van der Waals surface area (Å²) in [5.74, 6) is 0. The van der Waals surface area contributed by atoms with E-state index in [1.165, 1.54) is 0 Å². The molecule has 0 rings (SSSR count). The summed E-state index contributed by atoms with van der Waals surface area (Å²) in [6.07, 6.45) is -1.09. The molecule has 0 aromatic heterocycles. The van der Waals surface area contributed by atoms with Gasteiger partial charge in [0.05, 0.1) is 0 Å². The predicted octanol–water partition coefficient (Wildman–Crippen LogP) is 4.57. The second kappa shape index (κ2) is 16.1. The topological polar surface area (TPSA) is 24.4 Å². The smallest absolute Gasteiger partial charge is 0.386 e. The van der Waals surface area contributed by atoms with Crippen LogP contribution in [-0.2, 0) is 25.8 Å². The Labute approximate surface area is 152 Å². The molecule has 1 N–H and O–H groups in total. The van der Waals surface area contributed by atoms with Gasteiger partial charge in [0.25, 0.3) is 0 Å². The first-order valence-corrected chi connectivity index (χ1v) is 7.49. The van der Waals surface area contributed by atoms with E-state index in [4.69, 9.17) is 0 Å². The molecule has 0 aromatic carbocycles. The molecule has 0 amide bonds. The average molecular weight is 511 g/mol. The molecule has 0 saturated carbocycles. The predicted molar refractivity (Wildman–Crippen MR) is 78.9 cm³/mol. The molecule has 0 atom stereocenters. The molecule has 0 aromatic rings. The van der Waals surface area contributed by atoms with Gasteiger partial charge in [-0.3, -0.25) is 0 Å². The Bertz CT molecular complexity index is 317. The molecule has 0 aliphatic carbocycles. The molecular weight excluding hydrogens is 490 g/mol. The quantitative estimate of drug-likeness (QED) is 0.178. The zero-order valence-corrected chi connectivity index (χ0v) is 17.5. The summed E-state index contributed by atoms with van der Waals surface area (Å²) >= 11 is 1.11. The number of hydrogen-bond donors (Lipinski definition) is 1. The van der Waals surface area contributed by atoms with Crippen molar-refractivity contribution >= 4 is 18.0 Å². The zero-order chi connectivity index (χ0) is 16.9. The SMILES string of the molecule is CCC/C(SC)=C(\[C-]=NCCNC)C(F)(F)F.C[C-](F)F.[Hf]. The summed E-state index contributed by atoms with van der Waals surface area (Å²) in [5.41, 5.74) is -0.733. The van der Waals surface area contributed by atoms with Crippen LogP contribution in [0.1, 0.15) is 26.7 Å². The molecule has 0 heterocycles. The van der Waals surface area contributed by atoms with E-state index in [-0.39, 0.29) is 25.8 Å². The number of halogens is 5. The Morgan fingerprint density at radius 1 is 1.32 bits per heavy atom. The number of rotatable bonds is 7. The number of nitrogens with zero attached hydrogens (tertiary/aromatic N) is 1. The minimum Gasteiger partial charge on any atom is -0.422 e. The molecule has 130 valence electrons. The van der Waals surface area contributed by atoms with Gasteiger partial charge >= 0.3 is 6.18 Å². The maximum Gasteiger partial charge on any atom is 0.386 e. The first-order chi connectivity index (χ1) is 9.70. The van der Waals surface area contributed by atoms with Gasteiger partial charge in [-0.2, -0.15) is 18.1 Å². The molecule has 0 fully saturated rings. The second-order valence-electron chi connectivity index (χ2n) is 3.80. The molecule has 0 radical (unpaired) electrons. The van der Waals surface area contributed by atoms with E-state index in [0.29, 0.717) is 30.8 Å². The van der Waals surface area contributed by atoms with Crippen molar-refractivity contribution in [2.75, 3.05) is 26.4 Å². The van der Waals surface area contributed by atoms with E-state index >= 15 is 0 Å². The molecule has 0 saturated heterocycles. The van der Waals surface area contributed by atoms with Crippen molar-refractivity contribution in [2.24, 2.45) is 4.99 Å². The van der Waals surface area contributed by atoms with E-state index in [0.717, 1.165) is 18.7 Å². The normalized spacial score (nSPS) is 12.6. The maximum atomic E-state index is 12.8.